The number of nitrogens with one attached hydrogen (secondary N) is 1. The van der Waals surface area contributed by atoms with Crippen LogP contribution in [0.5, 0.6) is 0 Å². The fourth-order valence-corrected chi connectivity index (χ4v) is 6.28. The van der Waals surface area contributed by atoms with Gasteiger partial charge < -0.3 is 4.74 Å². The number of rotatable bonds is 8. The van der Waals surface area contributed by atoms with E-state index in [9.17, 15) is 18.1 Å². The van der Waals surface area contributed by atoms with Crippen molar-refractivity contribution in [3.8, 4) is 0 Å². The topological polar surface area (TPSA) is 102 Å². The lowest BCUT2D eigenvalue weighted by atomic mass is 9.93. The molecule has 1 aliphatic rings. The molecule has 2 rings (SSSR count). The predicted octanol–water partition coefficient (Wildman–Crippen LogP) is 2.58. The number of nitroso groups, excluding NO2 is 1. The number of carbonyl (C=O) groups is 1. The van der Waals surface area contributed by atoms with Gasteiger partial charge in [0.15, 0.2) is 0 Å². The molecule has 1 aromatic carbocycles. The second-order valence-corrected chi connectivity index (χ2v) is 9.55. The molecule has 1 fully saturated rings. The van der Waals surface area contributed by atoms with Gasteiger partial charge >= 0.3 is 5.97 Å². The Labute approximate surface area is 155 Å². The van der Waals surface area contributed by atoms with Gasteiger partial charge in [-0.15, -0.1) is 4.91 Å². The molecule has 0 saturated carbocycles. The molecule has 0 spiro atoms. The molecule has 0 unspecified atom stereocenters. The summed E-state index contributed by atoms with van der Waals surface area (Å²) in [4.78, 5) is 23.5. The SMILES string of the molecule is CCOC(=O)[C@@H](NS(=O)(=O)c1ccccc1)C1(SN=O)CCSCC1. The molecule has 1 N–H and O–H groups in total. The maximum absolute atomic E-state index is 12.7. The normalized spacial score (nSPS) is 18.3. The van der Waals surface area contributed by atoms with Crippen molar-refractivity contribution in [2.24, 2.45) is 4.58 Å². The average molecular weight is 405 g/mol. The van der Waals surface area contributed by atoms with E-state index in [4.69, 9.17) is 4.74 Å². The molecule has 0 aromatic heterocycles. The van der Waals surface area contributed by atoms with Crippen LogP contribution in [-0.4, -0.2) is 43.3 Å². The molecule has 1 heterocycles. The molecule has 7 nitrogen and oxygen atoms in total. The number of sulfonamides is 1. The monoisotopic (exact) mass is 404 g/mol. The summed E-state index contributed by atoms with van der Waals surface area (Å²) in [6.07, 6.45) is 0.962. The molecule has 138 valence electrons. The maximum atomic E-state index is 12.7. The summed E-state index contributed by atoms with van der Waals surface area (Å²) >= 11 is 2.42. The van der Waals surface area contributed by atoms with Crippen molar-refractivity contribution in [3.63, 3.8) is 0 Å². The van der Waals surface area contributed by atoms with Crippen molar-refractivity contribution in [2.75, 3.05) is 18.1 Å². The van der Waals surface area contributed by atoms with Crippen molar-refractivity contribution < 1.29 is 17.9 Å². The zero-order valence-corrected chi connectivity index (χ0v) is 16.2. The minimum Gasteiger partial charge on any atom is -0.465 e. The Morgan fingerprint density at radius 2 is 2.00 bits per heavy atom. The third kappa shape index (κ3) is 4.96. The lowest BCUT2D eigenvalue weighted by molar-refractivity contribution is -0.146. The molecule has 0 aliphatic carbocycles. The Hall–Kier alpha value is -1.10. The second-order valence-electron chi connectivity index (χ2n) is 5.46. The number of thioether (sulfide) groups is 1. The van der Waals surface area contributed by atoms with Crippen molar-refractivity contribution in [2.45, 2.75) is 35.4 Å². The first-order valence-corrected chi connectivity index (χ1v) is 11.2. The van der Waals surface area contributed by atoms with E-state index in [2.05, 4.69) is 9.30 Å². The number of benzene rings is 1. The summed E-state index contributed by atoms with van der Waals surface area (Å²) in [7, 11) is -3.94. The highest BCUT2D eigenvalue weighted by molar-refractivity contribution is 8.01. The highest BCUT2D eigenvalue weighted by atomic mass is 32.2. The van der Waals surface area contributed by atoms with Crippen LogP contribution in [0.3, 0.4) is 0 Å². The molecule has 1 saturated heterocycles. The molecule has 1 aromatic rings. The molecule has 1 aliphatic heterocycles. The van der Waals surface area contributed by atoms with Crippen molar-refractivity contribution in [1.82, 2.24) is 4.72 Å². The summed E-state index contributed by atoms with van der Waals surface area (Å²) in [6, 6.07) is 6.61. The Morgan fingerprint density at radius 1 is 1.36 bits per heavy atom. The zero-order chi connectivity index (χ0) is 18.3. The van der Waals surface area contributed by atoms with Gasteiger partial charge in [-0.2, -0.15) is 16.5 Å². The Bertz CT molecular complexity index is 690. The first-order valence-electron chi connectivity index (χ1n) is 7.78. The largest absolute Gasteiger partial charge is 0.465 e. The van der Waals surface area contributed by atoms with Gasteiger partial charge in [-0.05, 0) is 43.4 Å². The minimum atomic E-state index is -3.94. The van der Waals surface area contributed by atoms with Gasteiger partial charge in [0.05, 0.1) is 16.2 Å². The number of carbonyl (C=O) groups excluding carboxylic acids is 1. The summed E-state index contributed by atoms with van der Waals surface area (Å²) in [5.41, 5.74) is 0. The number of hydrogen-bond acceptors (Lipinski definition) is 8. The third-order valence-corrected chi connectivity index (χ3v) is 7.44. The van der Waals surface area contributed by atoms with Crippen LogP contribution in [0.2, 0.25) is 0 Å². The summed E-state index contributed by atoms with van der Waals surface area (Å²) in [6.45, 7) is 1.77. The van der Waals surface area contributed by atoms with Crippen LogP contribution < -0.4 is 4.72 Å². The molecule has 0 bridgehead atoms. The van der Waals surface area contributed by atoms with E-state index in [1.165, 1.54) is 12.1 Å². The van der Waals surface area contributed by atoms with Crippen LogP contribution >= 0.6 is 23.7 Å². The Kier molecular flexibility index (Phi) is 7.29. The molecule has 0 radical (unpaired) electrons. The van der Waals surface area contributed by atoms with E-state index in [-0.39, 0.29) is 11.5 Å². The quantitative estimate of drug-likeness (QED) is 0.403. The molecule has 25 heavy (non-hydrogen) atoms. The van der Waals surface area contributed by atoms with E-state index < -0.39 is 26.8 Å². The molecule has 1 atom stereocenters. The summed E-state index contributed by atoms with van der Waals surface area (Å²) < 4.78 is 34.9. The van der Waals surface area contributed by atoms with Gasteiger partial charge in [0.2, 0.25) is 10.0 Å². The van der Waals surface area contributed by atoms with Crippen LogP contribution in [0, 0.1) is 4.91 Å². The van der Waals surface area contributed by atoms with Crippen LogP contribution in [0.15, 0.2) is 39.8 Å². The second kappa shape index (κ2) is 9.02. The van der Waals surface area contributed by atoms with Gasteiger partial charge in [0.25, 0.3) is 0 Å². The van der Waals surface area contributed by atoms with E-state index in [0.717, 1.165) is 11.9 Å². The fraction of sp³-hybridized carbons (Fsp3) is 0.533. The summed E-state index contributed by atoms with van der Waals surface area (Å²) in [5, 5.41) is 0. The number of esters is 1. The van der Waals surface area contributed by atoms with E-state index in [1.54, 1.807) is 36.9 Å². The standard InChI is InChI=1S/C15H20N2O5S3/c1-2-22-14(18)13(15(24-17-19)8-10-23-11-9-15)16-25(20,21)12-6-4-3-5-7-12/h3-7,13,16H,2,8-11H2,1H3/t13-/m1/s1. The first kappa shape index (κ1) is 20.2. The number of nitrogens with zero attached hydrogens (tertiary/aromatic N) is 1. The van der Waals surface area contributed by atoms with Gasteiger partial charge in [-0.3, -0.25) is 4.79 Å². The average Bonchev–Trinajstić information content (AvgIpc) is 2.62. The lowest BCUT2D eigenvalue weighted by Gasteiger charge is -2.38. The number of hydrogen-bond donors (Lipinski definition) is 1. The lowest BCUT2D eigenvalue weighted by Crippen LogP contribution is -2.57. The molecular weight excluding hydrogens is 384 g/mol. The van der Waals surface area contributed by atoms with Crippen molar-refractivity contribution in [3.05, 3.63) is 35.2 Å². The van der Waals surface area contributed by atoms with Crippen molar-refractivity contribution >= 4 is 39.7 Å². The van der Waals surface area contributed by atoms with E-state index >= 15 is 0 Å². The predicted molar refractivity (Wildman–Crippen MR) is 99.9 cm³/mol. The fourth-order valence-electron chi connectivity index (χ4n) is 2.64. The summed E-state index contributed by atoms with van der Waals surface area (Å²) in [5.74, 6) is 0.738. The molecule has 10 heteroatoms. The first-order chi connectivity index (χ1) is 11.9. The third-order valence-electron chi connectivity index (χ3n) is 3.93. The van der Waals surface area contributed by atoms with Crippen molar-refractivity contribution in [1.29, 1.82) is 0 Å². The van der Waals surface area contributed by atoms with Gasteiger partial charge in [0, 0.05) is 16.5 Å². The highest BCUT2D eigenvalue weighted by Crippen LogP contribution is 2.43. The molecule has 0 amide bonds. The smallest absolute Gasteiger partial charge is 0.325 e. The van der Waals surface area contributed by atoms with Crippen LogP contribution in [0.25, 0.3) is 0 Å². The minimum absolute atomic E-state index is 0.0497. The Balaban J connectivity index is 2.38. The van der Waals surface area contributed by atoms with Gasteiger partial charge in [-0.1, -0.05) is 18.2 Å². The van der Waals surface area contributed by atoms with Crippen LogP contribution in [0.1, 0.15) is 19.8 Å². The van der Waals surface area contributed by atoms with Crippen LogP contribution in [-0.2, 0) is 19.6 Å². The van der Waals surface area contributed by atoms with Crippen LogP contribution in [0.4, 0.5) is 0 Å². The number of ether oxygens (including phenoxy) is 1. The maximum Gasteiger partial charge on any atom is 0.325 e. The highest BCUT2D eigenvalue weighted by Gasteiger charge is 2.48. The van der Waals surface area contributed by atoms with E-state index in [0.29, 0.717) is 24.3 Å². The van der Waals surface area contributed by atoms with Gasteiger partial charge in [0.1, 0.15) is 6.04 Å². The Morgan fingerprint density at radius 3 is 2.56 bits per heavy atom. The van der Waals surface area contributed by atoms with Gasteiger partial charge in [-0.25, -0.2) is 8.42 Å². The zero-order valence-electron chi connectivity index (χ0n) is 13.7. The van der Waals surface area contributed by atoms with E-state index in [1.807, 2.05) is 0 Å². The molecular formula is C15H20N2O5S3.